The molecule has 0 spiro atoms. The highest BCUT2D eigenvalue weighted by atomic mass is 16.5. The number of hydrogen-bond acceptors (Lipinski definition) is 6. The number of amides is 1. The van der Waals surface area contributed by atoms with Crippen molar-refractivity contribution < 1.29 is 19.1 Å². The van der Waals surface area contributed by atoms with E-state index >= 15 is 0 Å². The van der Waals surface area contributed by atoms with Gasteiger partial charge in [-0.3, -0.25) is 4.79 Å². The number of ether oxygens (including phenoxy) is 2. The van der Waals surface area contributed by atoms with Gasteiger partial charge in [-0.05, 0) is 30.2 Å². The lowest BCUT2D eigenvalue weighted by molar-refractivity contribution is 0.0596. The Morgan fingerprint density at radius 2 is 1.96 bits per heavy atom. The van der Waals surface area contributed by atoms with Crippen molar-refractivity contribution in [3.8, 4) is 17.1 Å². The minimum Gasteiger partial charge on any atom is -0.480 e. The van der Waals surface area contributed by atoms with E-state index in [2.05, 4.69) is 15.3 Å². The summed E-state index contributed by atoms with van der Waals surface area (Å²) in [7, 11) is 4.33. The minimum absolute atomic E-state index is 0.200. The summed E-state index contributed by atoms with van der Waals surface area (Å²) in [5.41, 5.74) is 3.65. The molecule has 0 saturated carbocycles. The second-order valence-corrected chi connectivity index (χ2v) is 5.79. The molecule has 3 aromatic rings. The molecule has 1 N–H and O–H groups in total. The minimum atomic E-state index is -0.499. The average molecular weight is 368 g/mol. The van der Waals surface area contributed by atoms with Gasteiger partial charge in [-0.15, -0.1) is 0 Å². The number of esters is 1. The largest absolute Gasteiger partial charge is 0.480 e. The molecule has 140 valence electrons. The van der Waals surface area contributed by atoms with E-state index in [1.807, 2.05) is 25.3 Å². The lowest BCUT2D eigenvalue weighted by atomic mass is 10.0. The van der Waals surface area contributed by atoms with Crippen LogP contribution in [0, 0.1) is 0 Å². The van der Waals surface area contributed by atoms with Gasteiger partial charge in [-0.1, -0.05) is 6.92 Å². The third-order valence-corrected chi connectivity index (χ3v) is 4.23. The summed E-state index contributed by atoms with van der Waals surface area (Å²) >= 11 is 0. The summed E-state index contributed by atoms with van der Waals surface area (Å²) in [6.07, 6.45) is 4.17. The normalized spacial score (nSPS) is 10.7. The molecule has 1 amide bonds. The molecule has 0 bridgehead atoms. The highest BCUT2D eigenvalue weighted by Gasteiger charge is 2.19. The van der Waals surface area contributed by atoms with E-state index in [9.17, 15) is 9.59 Å². The van der Waals surface area contributed by atoms with Crippen LogP contribution in [0.4, 0.5) is 0 Å². The molecule has 27 heavy (non-hydrogen) atoms. The smallest absolute Gasteiger partial charge is 0.343 e. The summed E-state index contributed by atoms with van der Waals surface area (Å²) < 4.78 is 11.9. The van der Waals surface area contributed by atoms with Crippen LogP contribution in [0.25, 0.3) is 16.9 Å². The highest BCUT2D eigenvalue weighted by Crippen LogP contribution is 2.29. The molecule has 3 heterocycles. The first kappa shape index (κ1) is 18.4. The summed E-state index contributed by atoms with van der Waals surface area (Å²) in [6.45, 7) is 1.98. The quantitative estimate of drug-likeness (QED) is 0.693. The van der Waals surface area contributed by atoms with E-state index in [0.717, 1.165) is 11.1 Å². The van der Waals surface area contributed by atoms with Gasteiger partial charge in [0.05, 0.1) is 19.9 Å². The van der Waals surface area contributed by atoms with Crippen LogP contribution in [-0.2, 0) is 11.2 Å². The van der Waals surface area contributed by atoms with E-state index in [1.165, 1.54) is 14.2 Å². The Kier molecular flexibility index (Phi) is 5.07. The number of imidazole rings is 1. The monoisotopic (exact) mass is 368 g/mol. The molecule has 0 radical (unpaired) electrons. The molecule has 8 nitrogen and oxygen atoms in total. The first-order chi connectivity index (χ1) is 13.0. The van der Waals surface area contributed by atoms with Crippen molar-refractivity contribution in [2.75, 3.05) is 21.3 Å². The van der Waals surface area contributed by atoms with E-state index in [-0.39, 0.29) is 17.4 Å². The number of nitrogens with zero attached hydrogens (tertiary/aromatic N) is 3. The zero-order chi connectivity index (χ0) is 19.6. The number of fused-ring (bicyclic) bond motifs is 1. The van der Waals surface area contributed by atoms with Crippen LogP contribution in [-0.4, -0.2) is 47.5 Å². The highest BCUT2D eigenvalue weighted by molar-refractivity contribution is 5.93. The maximum atomic E-state index is 12.0. The predicted octanol–water partition coefficient (Wildman–Crippen LogP) is 2.11. The van der Waals surface area contributed by atoms with Crippen molar-refractivity contribution in [1.29, 1.82) is 0 Å². The van der Waals surface area contributed by atoms with Gasteiger partial charge in [0.1, 0.15) is 16.9 Å². The molecule has 0 unspecified atom stereocenters. The first-order valence-corrected chi connectivity index (χ1v) is 8.39. The second-order valence-electron chi connectivity index (χ2n) is 5.79. The second kappa shape index (κ2) is 7.45. The molecule has 0 saturated heterocycles. The van der Waals surface area contributed by atoms with Gasteiger partial charge < -0.3 is 19.2 Å². The van der Waals surface area contributed by atoms with Crippen LogP contribution in [0.3, 0.4) is 0 Å². The third-order valence-electron chi connectivity index (χ3n) is 4.23. The molecule has 8 heteroatoms. The van der Waals surface area contributed by atoms with Gasteiger partial charge in [0, 0.05) is 25.0 Å². The maximum Gasteiger partial charge on any atom is 0.343 e. The maximum absolute atomic E-state index is 12.0. The zero-order valence-corrected chi connectivity index (χ0v) is 15.6. The zero-order valence-electron chi connectivity index (χ0n) is 15.6. The standard InChI is InChI=1S/C19H20N4O4/c1-5-11-8-13(19(25)27-4)18(26-3)22-16(11)12-6-7-15-21-14(17(24)20-2)10-23(15)9-12/h6-10H,5H2,1-4H3,(H,20,24). The Hall–Kier alpha value is -3.42. The summed E-state index contributed by atoms with van der Waals surface area (Å²) in [5, 5.41) is 2.56. The number of hydrogen-bond donors (Lipinski definition) is 1. The number of aryl methyl sites for hydroxylation is 1. The number of carbonyl (C=O) groups excluding carboxylic acids is 2. The molecule has 0 aliphatic carbocycles. The Balaban J connectivity index is 2.14. The van der Waals surface area contributed by atoms with Crippen molar-refractivity contribution in [2.24, 2.45) is 0 Å². The van der Waals surface area contributed by atoms with E-state index in [4.69, 9.17) is 9.47 Å². The lowest BCUT2D eigenvalue weighted by Crippen LogP contribution is -2.17. The van der Waals surface area contributed by atoms with Crippen molar-refractivity contribution in [3.05, 3.63) is 47.4 Å². The number of methoxy groups -OCH3 is 2. The van der Waals surface area contributed by atoms with E-state index in [1.54, 1.807) is 23.7 Å². The number of pyridine rings is 2. The van der Waals surface area contributed by atoms with Crippen LogP contribution in [0.2, 0.25) is 0 Å². The Morgan fingerprint density at radius 3 is 2.59 bits per heavy atom. The van der Waals surface area contributed by atoms with Gasteiger partial charge in [0.15, 0.2) is 0 Å². The number of rotatable bonds is 5. The Labute approximate surface area is 156 Å². The Morgan fingerprint density at radius 1 is 1.19 bits per heavy atom. The van der Waals surface area contributed by atoms with Crippen LogP contribution >= 0.6 is 0 Å². The van der Waals surface area contributed by atoms with E-state index < -0.39 is 5.97 Å². The molecule has 0 atom stereocenters. The van der Waals surface area contributed by atoms with Crippen molar-refractivity contribution >= 4 is 17.5 Å². The summed E-state index contributed by atoms with van der Waals surface area (Å²) in [5.74, 6) is -0.552. The van der Waals surface area contributed by atoms with Crippen LogP contribution in [0.1, 0.15) is 33.3 Å². The van der Waals surface area contributed by atoms with Gasteiger partial charge >= 0.3 is 5.97 Å². The molecule has 3 aromatic heterocycles. The summed E-state index contributed by atoms with van der Waals surface area (Å²) in [4.78, 5) is 32.6. The molecule has 0 aromatic carbocycles. The van der Waals surface area contributed by atoms with Crippen molar-refractivity contribution in [1.82, 2.24) is 19.7 Å². The lowest BCUT2D eigenvalue weighted by Gasteiger charge is -2.13. The SMILES string of the molecule is CCc1cc(C(=O)OC)c(OC)nc1-c1ccc2nc(C(=O)NC)cn2c1. The topological polar surface area (TPSA) is 94.8 Å². The van der Waals surface area contributed by atoms with Gasteiger partial charge in [0.2, 0.25) is 5.88 Å². The first-order valence-electron chi connectivity index (χ1n) is 8.39. The van der Waals surface area contributed by atoms with Gasteiger partial charge in [-0.25, -0.2) is 14.8 Å². The van der Waals surface area contributed by atoms with Gasteiger partial charge in [0.25, 0.3) is 5.91 Å². The summed E-state index contributed by atoms with van der Waals surface area (Å²) in [6, 6.07) is 5.42. The third kappa shape index (κ3) is 3.33. The average Bonchev–Trinajstić information content (AvgIpc) is 3.14. The number of carbonyl (C=O) groups is 2. The fraction of sp³-hybridized carbons (Fsp3) is 0.263. The van der Waals surface area contributed by atoms with Crippen LogP contribution in [0.15, 0.2) is 30.6 Å². The fourth-order valence-electron chi connectivity index (χ4n) is 2.84. The Bertz CT molecular complexity index is 1030. The molecule has 3 rings (SSSR count). The van der Waals surface area contributed by atoms with Gasteiger partial charge in [-0.2, -0.15) is 0 Å². The number of nitrogens with one attached hydrogen (secondary N) is 1. The van der Waals surface area contributed by atoms with Crippen LogP contribution < -0.4 is 10.1 Å². The predicted molar refractivity (Wildman–Crippen MR) is 99.1 cm³/mol. The number of aromatic nitrogens is 3. The van der Waals surface area contributed by atoms with Crippen molar-refractivity contribution in [2.45, 2.75) is 13.3 Å². The van der Waals surface area contributed by atoms with Crippen molar-refractivity contribution in [3.63, 3.8) is 0 Å². The molecule has 0 fully saturated rings. The van der Waals surface area contributed by atoms with Crippen LogP contribution in [0.5, 0.6) is 5.88 Å². The molecule has 0 aliphatic rings. The fourth-order valence-corrected chi connectivity index (χ4v) is 2.84. The molecular weight excluding hydrogens is 348 g/mol. The molecular formula is C19H20N4O4. The van der Waals surface area contributed by atoms with E-state index in [0.29, 0.717) is 23.5 Å². The molecule has 0 aliphatic heterocycles.